The maximum Gasteiger partial charge on any atom is 0.101 e. The molecule has 0 saturated heterocycles. The topological polar surface area (TPSA) is 41.6 Å². The number of aromatic amines is 1. The third kappa shape index (κ3) is 2.43. The molecule has 5 heteroatoms. The number of benzene rings is 1. The van der Waals surface area contributed by atoms with Crippen molar-refractivity contribution >= 4 is 28.6 Å². The number of nitrogens with one attached hydrogen (secondary N) is 1. The summed E-state index contributed by atoms with van der Waals surface area (Å²) < 4.78 is 1.02. The van der Waals surface area contributed by atoms with Crippen LogP contribution in [-0.2, 0) is 0 Å². The van der Waals surface area contributed by atoms with Crippen LogP contribution in [0.2, 0.25) is 0 Å². The van der Waals surface area contributed by atoms with Gasteiger partial charge in [-0.25, -0.2) is 0 Å². The van der Waals surface area contributed by atoms with Crippen LogP contribution in [0.3, 0.4) is 0 Å². The smallest absolute Gasteiger partial charge is 0.101 e. The Balaban J connectivity index is 2.19. The molecule has 0 fully saturated rings. The van der Waals surface area contributed by atoms with Crippen LogP contribution >= 0.6 is 28.6 Å². The predicted octanol–water partition coefficient (Wildman–Crippen LogP) is 4.19. The lowest BCUT2D eigenvalue weighted by atomic mass is 10.0. The lowest BCUT2D eigenvalue weighted by Crippen LogP contribution is -1.84. The maximum absolute atomic E-state index is 4.46. The number of thiol groups is 1. The molecule has 0 atom stereocenters. The Bertz CT molecular complexity index is 710. The fourth-order valence-corrected chi connectivity index (χ4v) is 2.65. The first-order chi connectivity index (χ1) is 9.25. The maximum atomic E-state index is 4.46. The lowest BCUT2D eigenvalue weighted by molar-refractivity contribution is 1.01. The van der Waals surface area contributed by atoms with Gasteiger partial charge in [0.25, 0.3) is 0 Å². The highest BCUT2D eigenvalue weighted by Gasteiger charge is 2.14. The Morgan fingerprint density at radius 3 is 2.58 bits per heavy atom. The average molecular weight is 332 g/mol. The number of nitrogens with zero attached hydrogens (tertiary/aromatic N) is 2. The molecule has 2 heterocycles. The molecule has 0 amide bonds. The van der Waals surface area contributed by atoms with Crippen molar-refractivity contribution in [3.63, 3.8) is 0 Å². The number of aromatic nitrogens is 3. The van der Waals surface area contributed by atoms with Gasteiger partial charge in [-0.15, -0.1) is 12.6 Å². The third-order valence-corrected chi connectivity index (χ3v) is 3.63. The largest absolute Gasteiger partial charge is 0.271 e. The summed E-state index contributed by atoms with van der Waals surface area (Å²) in [5, 5.41) is 8.04. The highest BCUT2D eigenvalue weighted by atomic mass is 79.9. The highest BCUT2D eigenvalue weighted by Crippen LogP contribution is 2.35. The molecule has 3 aromatic rings. The first kappa shape index (κ1) is 12.4. The molecule has 1 aromatic carbocycles. The van der Waals surface area contributed by atoms with Crippen LogP contribution in [0, 0.1) is 0 Å². The van der Waals surface area contributed by atoms with Crippen LogP contribution < -0.4 is 0 Å². The number of rotatable bonds is 2. The van der Waals surface area contributed by atoms with Crippen molar-refractivity contribution in [1.82, 2.24) is 15.2 Å². The number of pyridine rings is 1. The van der Waals surface area contributed by atoms with E-state index in [4.69, 9.17) is 0 Å². The molecule has 0 spiro atoms. The molecule has 0 unspecified atom stereocenters. The summed E-state index contributed by atoms with van der Waals surface area (Å²) in [4.78, 5) is 4.04. The number of halogens is 1. The molecule has 0 aliphatic heterocycles. The Morgan fingerprint density at radius 1 is 1.05 bits per heavy atom. The zero-order valence-electron chi connectivity index (χ0n) is 9.84. The predicted molar refractivity (Wildman–Crippen MR) is 82.2 cm³/mol. The number of hydrogen-bond donors (Lipinski definition) is 2. The second kappa shape index (κ2) is 5.19. The van der Waals surface area contributed by atoms with Crippen molar-refractivity contribution in [2.75, 3.05) is 0 Å². The van der Waals surface area contributed by atoms with Gasteiger partial charge in [0, 0.05) is 28.0 Å². The van der Waals surface area contributed by atoms with Gasteiger partial charge in [0.2, 0.25) is 0 Å². The third-order valence-electron chi connectivity index (χ3n) is 2.81. The van der Waals surface area contributed by atoms with E-state index in [9.17, 15) is 0 Å². The van der Waals surface area contributed by atoms with E-state index in [1.54, 1.807) is 12.4 Å². The summed E-state index contributed by atoms with van der Waals surface area (Å²) in [6.07, 6.45) is 3.53. The SMILES string of the molecule is Sc1[nH]nc(-c2cccc(Br)c2)c1-c1ccncc1. The van der Waals surface area contributed by atoms with E-state index in [1.165, 1.54) is 0 Å². The summed E-state index contributed by atoms with van der Waals surface area (Å²) in [5.74, 6) is 0. The standard InChI is InChI=1S/C14H10BrN3S/c15-11-3-1-2-10(8-11)13-12(14(19)18-17-13)9-4-6-16-7-5-9/h1-8H,(H2,17,18,19). The molecule has 0 aliphatic rings. The van der Waals surface area contributed by atoms with Gasteiger partial charge in [0.1, 0.15) is 5.69 Å². The lowest BCUT2D eigenvalue weighted by Gasteiger charge is -2.04. The Morgan fingerprint density at radius 2 is 1.84 bits per heavy atom. The quantitative estimate of drug-likeness (QED) is 0.691. The van der Waals surface area contributed by atoms with Crippen molar-refractivity contribution in [3.05, 3.63) is 53.3 Å². The Kier molecular flexibility index (Phi) is 3.40. The van der Waals surface area contributed by atoms with Crippen LogP contribution in [0.25, 0.3) is 22.4 Å². The van der Waals surface area contributed by atoms with Gasteiger partial charge in [-0.1, -0.05) is 28.1 Å². The molecule has 0 aliphatic carbocycles. The second-order valence-electron chi connectivity index (χ2n) is 4.04. The molecule has 3 rings (SSSR count). The second-order valence-corrected chi connectivity index (χ2v) is 5.40. The van der Waals surface area contributed by atoms with Crippen LogP contribution in [0.1, 0.15) is 0 Å². The van der Waals surface area contributed by atoms with Gasteiger partial charge in [0.15, 0.2) is 0 Å². The van der Waals surface area contributed by atoms with Crippen molar-refractivity contribution in [2.45, 2.75) is 5.03 Å². The van der Waals surface area contributed by atoms with Crippen LogP contribution in [0.5, 0.6) is 0 Å². The number of H-pyrrole nitrogens is 1. The monoisotopic (exact) mass is 331 g/mol. The van der Waals surface area contributed by atoms with E-state index in [-0.39, 0.29) is 0 Å². The fourth-order valence-electron chi connectivity index (χ4n) is 1.97. The first-order valence-corrected chi connectivity index (χ1v) is 6.93. The normalized spacial score (nSPS) is 10.6. The Hall–Kier alpha value is -1.59. The van der Waals surface area contributed by atoms with E-state index in [2.05, 4.69) is 43.7 Å². The van der Waals surface area contributed by atoms with Crippen molar-refractivity contribution in [1.29, 1.82) is 0 Å². The summed E-state index contributed by atoms with van der Waals surface area (Å²) >= 11 is 7.94. The molecule has 0 bridgehead atoms. The molecule has 1 N–H and O–H groups in total. The average Bonchev–Trinajstić information content (AvgIpc) is 2.82. The molecule has 2 aromatic heterocycles. The molecule has 94 valence electrons. The van der Waals surface area contributed by atoms with Gasteiger partial charge in [-0.05, 0) is 29.8 Å². The zero-order valence-corrected chi connectivity index (χ0v) is 12.3. The van der Waals surface area contributed by atoms with E-state index < -0.39 is 0 Å². The van der Waals surface area contributed by atoms with Crippen LogP contribution in [0.4, 0.5) is 0 Å². The fraction of sp³-hybridized carbons (Fsp3) is 0. The van der Waals surface area contributed by atoms with E-state index in [0.717, 1.165) is 31.9 Å². The Labute approximate surface area is 124 Å². The first-order valence-electron chi connectivity index (χ1n) is 5.69. The van der Waals surface area contributed by atoms with Gasteiger partial charge in [0.05, 0.1) is 5.03 Å². The van der Waals surface area contributed by atoms with Crippen molar-refractivity contribution in [2.24, 2.45) is 0 Å². The van der Waals surface area contributed by atoms with E-state index in [1.807, 2.05) is 36.4 Å². The van der Waals surface area contributed by atoms with Crippen molar-refractivity contribution < 1.29 is 0 Å². The van der Waals surface area contributed by atoms with Crippen LogP contribution in [-0.4, -0.2) is 15.2 Å². The highest BCUT2D eigenvalue weighted by molar-refractivity contribution is 9.10. The zero-order chi connectivity index (χ0) is 13.2. The van der Waals surface area contributed by atoms with E-state index >= 15 is 0 Å². The van der Waals surface area contributed by atoms with Gasteiger partial charge in [-0.2, -0.15) is 5.10 Å². The van der Waals surface area contributed by atoms with Gasteiger partial charge >= 0.3 is 0 Å². The van der Waals surface area contributed by atoms with Gasteiger partial charge in [-0.3, -0.25) is 10.1 Å². The van der Waals surface area contributed by atoms with Gasteiger partial charge < -0.3 is 0 Å². The summed E-state index contributed by atoms with van der Waals surface area (Å²) in [7, 11) is 0. The summed E-state index contributed by atoms with van der Waals surface area (Å²) in [5.41, 5.74) is 3.96. The van der Waals surface area contributed by atoms with Crippen molar-refractivity contribution in [3.8, 4) is 22.4 Å². The molecule has 19 heavy (non-hydrogen) atoms. The molecular formula is C14H10BrN3S. The van der Waals surface area contributed by atoms with Crippen LogP contribution in [0.15, 0.2) is 58.3 Å². The molecule has 3 nitrogen and oxygen atoms in total. The number of hydrogen-bond acceptors (Lipinski definition) is 3. The summed E-state index contributed by atoms with van der Waals surface area (Å²) in [6.45, 7) is 0. The molecule has 0 radical (unpaired) electrons. The molecular weight excluding hydrogens is 322 g/mol. The summed E-state index contributed by atoms with van der Waals surface area (Å²) in [6, 6.07) is 11.9. The minimum Gasteiger partial charge on any atom is -0.271 e. The minimum atomic E-state index is 0.751. The minimum absolute atomic E-state index is 0.751. The van der Waals surface area contributed by atoms with E-state index in [0.29, 0.717) is 0 Å². The molecule has 0 saturated carbocycles.